The predicted octanol–water partition coefficient (Wildman–Crippen LogP) is 4.99. The van der Waals surface area contributed by atoms with Crippen LogP contribution in [0.1, 0.15) is 45.6 Å². The molecule has 0 aromatic heterocycles. The molecule has 2 aromatic rings. The van der Waals surface area contributed by atoms with Gasteiger partial charge in [0.1, 0.15) is 22.8 Å². The molecule has 2 aliphatic rings. The van der Waals surface area contributed by atoms with Gasteiger partial charge in [0.2, 0.25) is 0 Å². The van der Waals surface area contributed by atoms with E-state index in [1.54, 1.807) is 11.0 Å². The van der Waals surface area contributed by atoms with Crippen molar-refractivity contribution >= 4 is 15.9 Å². The highest BCUT2D eigenvalue weighted by Crippen LogP contribution is 2.41. The van der Waals surface area contributed by atoms with Gasteiger partial charge < -0.3 is 14.4 Å². The third-order valence-corrected chi connectivity index (χ3v) is 7.35. The van der Waals surface area contributed by atoms with Crippen LogP contribution in [0.4, 0.5) is 9.18 Å². The zero-order chi connectivity index (χ0) is 24.0. The molecule has 1 saturated heterocycles. The summed E-state index contributed by atoms with van der Waals surface area (Å²) < 4.78 is 49.9. The fourth-order valence-corrected chi connectivity index (χ4v) is 5.06. The lowest BCUT2D eigenvalue weighted by Gasteiger charge is -2.44. The lowest BCUT2D eigenvalue weighted by atomic mass is 9.82. The van der Waals surface area contributed by atoms with Gasteiger partial charge in [0.05, 0.1) is 4.90 Å². The summed E-state index contributed by atoms with van der Waals surface area (Å²) in [6, 6.07) is 9.56. The second-order valence-corrected chi connectivity index (χ2v) is 12.0. The highest BCUT2D eigenvalue weighted by Gasteiger charge is 2.41. The molecule has 0 aliphatic carbocycles. The SMILES string of the molecule is CC(C)(C)OC(=O)N1CCC2(CCc3cc(-c4ccc(S(C)(=O)=O)cc4F)ccc3O2)CC1. The number of hydrogen-bond donors (Lipinski definition) is 0. The Bertz CT molecular complexity index is 1180. The average molecular weight is 476 g/mol. The normalized spacial score (nSPS) is 17.9. The Labute approximate surface area is 194 Å². The molecular weight excluding hydrogens is 445 g/mol. The van der Waals surface area contributed by atoms with Gasteiger partial charge in [-0.2, -0.15) is 0 Å². The number of benzene rings is 2. The Kier molecular flexibility index (Phi) is 5.93. The second kappa shape index (κ2) is 8.31. The first-order chi connectivity index (χ1) is 15.4. The van der Waals surface area contributed by atoms with Gasteiger partial charge in [-0.25, -0.2) is 17.6 Å². The molecule has 0 bridgehead atoms. The van der Waals surface area contributed by atoms with E-state index in [0.29, 0.717) is 24.2 Å². The third-order valence-electron chi connectivity index (χ3n) is 6.24. The third kappa shape index (κ3) is 5.16. The summed E-state index contributed by atoms with van der Waals surface area (Å²) in [5.74, 6) is 0.212. The molecule has 0 saturated carbocycles. The zero-order valence-electron chi connectivity index (χ0n) is 19.5. The molecule has 2 aliphatic heterocycles. The first kappa shape index (κ1) is 23.5. The van der Waals surface area contributed by atoms with Crippen LogP contribution in [0, 0.1) is 5.82 Å². The number of nitrogens with zero attached hydrogens (tertiary/aromatic N) is 1. The number of carbonyl (C=O) groups excluding carboxylic acids is 1. The van der Waals surface area contributed by atoms with Crippen molar-refractivity contribution in [1.82, 2.24) is 4.90 Å². The first-order valence-corrected chi connectivity index (χ1v) is 13.0. The highest BCUT2D eigenvalue weighted by atomic mass is 32.2. The fourth-order valence-electron chi connectivity index (χ4n) is 4.42. The quantitative estimate of drug-likeness (QED) is 0.612. The summed E-state index contributed by atoms with van der Waals surface area (Å²) in [5.41, 5.74) is 1.21. The number of aryl methyl sites for hydroxylation is 1. The summed E-state index contributed by atoms with van der Waals surface area (Å²) in [6.07, 6.45) is 3.84. The minimum Gasteiger partial charge on any atom is -0.487 e. The van der Waals surface area contributed by atoms with Crippen LogP contribution in [0.5, 0.6) is 5.75 Å². The Morgan fingerprint density at radius 3 is 2.39 bits per heavy atom. The molecule has 2 aromatic carbocycles. The van der Waals surface area contributed by atoms with Crippen molar-refractivity contribution < 1.29 is 27.1 Å². The molecule has 1 fully saturated rings. The Morgan fingerprint density at radius 1 is 1.09 bits per heavy atom. The van der Waals surface area contributed by atoms with Gasteiger partial charge in [-0.3, -0.25) is 0 Å². The van der Waals surface area contributed by atoms with Crippen molar-refractivity contribution in [3.05, 3.63) is 47.8 Å². The number of fused-ring (bicyclic) bond motifs is 1. The van der Waals surface area contributed by atoms with Crippen molar-refractivity contribution in [2.24, 2.45) is 0 Å². The van der Waals surface area contributed by atoms with E-state index in [4.69, 9.17) is 9.47 Å². The number of halogens is 1. The van der Waals surface area contributed by atoms with Crippen molar-refractivity contribution in [1.29, 1.82) is 0 Å². The van der Waals surface area contributed by atoms with Crippen molar-refractivity contribution in [3.63, 3.8) is 0 Å². The molecule has 33 heavy (non-hydrogen) atoms. The van der Waals surface area contributed by atoms with E-state index in [2.05, 4.69) is 0 Å². The molecule has 1 amide bonds. The second-order valence-electron chi connectivity index (χ2n) is 9.99. The van der Waals surface area contributed by atoms with Crippen LogP contribution >= 0.6 is 0 Å². The number of hydrogen-bond acceptors (Lipinski definition) is 5. The fraction of sp³-hybridized carbons (Fsp3) is 0.480. The van der Waals surface area contributed by atoms with Crippen LogP contribution in [-0.4, -0.2) is 50.0 Å². The average Bonchev–Trinajstić information content (AvgIpc) is 2.72. The van der Waals surface area contributed by atoms with Gasteiger partial charge in [0.15, 0.2) is 9.84 Å². The molecule has 0 atom stereocenters. The van der Waals surface area contributed by atoms with Crippen molar-refractivity contribution in [3.8, 4) is 16.9 Å². The molecule has 0 unspecified atom stereocenters. The Morgan fingerprint density at radius 2 is 1.79 bits per heavy atom. The highest BCUT2D eigenvalue weighted by molar-refractivity contribution is 7.90. The Hall–Kier alpha value is -2.61. The number of amides is 1. The first-order valence-electron chi connectivity index (χ1n) is 11.2. The molecule has 6 nitrogen and oxygen atoms in total. The summed E-state index contributed by atoms with van der Waals surface area (Å²) >= 11 is 0. The summed E-state index contributed by atoms with van der Waals surface area (Å²) in [4.78, 5) is 14.1. The molecule has 0 N–H and O–H groups in total. The van der Waals surface area contributed by atoms with Gasteiger partial charge >= 0.3 is 6.09 Å². The maximum atomic E-state index is 14.7. The molecule has 1 spiro atoms. The number of piperidine rings is 1. The lowest BCUT2D eigenvalue weighted by Crippen LogP contribution is -2.52. The number of ether oxygens (including phenoxy) is 2. The van der Waals surface area contributed by atoms with E-state index >= 15 is 0 Å². The van der Waals surface area contributed by atoms with E-state index in [0.717, 1.165) is 49.3 Å². The van der Waals surface area contributed by atoms with E-state index in [1.165, 1.54) is 12.1 Å². The monoisotopic (exact) mass is 475 g/mol. The summed E-state index contributed by atoms with van der Waals surface area (Å²) in [5, 5.41) is 0. The van der Waals surface area contributed by atoms with Crippen LogP contribution in [0.2, 0.25) is 0 Å². The van der Waals surface area contributed by atoms with E-state index in [-0.39, 0.29) is 16.6 Å². The standard InChI is InChI=1S/C25H30FNO5S/c1-24(2,3)32-23(28)27-13-11-25(12-14-27)10-9-18-15-17(5-8-22(18)31-25)20-7-6-19(16-21(20)26)33(4,29)30/h5-8,15-16H,9-14H2,1-4H3. The Balaban J connectivity index is 1.47. The summed E-state index contributed by atoms with van der Waals surface area (Å²) in [6.45, 7) is 6.74. The molecule has 4 rings (SSSR count). The van der Waals surface area contributed by atoms with E-state index < -0.39 is 21.3 Å². The number of likely N-dealkylation sites (tertiary alicyclic amines) is 1. The molecule has 2 heterocycles. The molecule has 178 valence electrons. The van der Waals surface area contributed by atoms with Crippen molar-refractivity contribution in [2.75, 3.05) is 19.3 Å². The molecule has 8 heteroatoms. The van der Waals surface area contributed by atoms with Crippen LogP contribution in [0.25, 0.3) is 11.1 Å². The predicted molar refractivity (Wildman–Crippen MR) is 124 cm³/mol. The van der Waals surface area contributed by atoms with E-state index in [9.17, 15) is 17.6 Å². The zero-order valence-corrected chi connectivity index (χ0v) is 20.3. The van der Waals surface area contributed by atoms with Crippen LogP contribution in [-0.2, 0) is 21.0 Å². The minimum atomic E-state index is -3.47. The molecule has 0 radical (unpaired) electrons. The largest absolute Gasteiger partial charge is 0.487 e. The van der Waals surface area contributed by atoms with Crippen LogP contribution < -0.4 is 4.74 Å². The number of sulfone groups is 1. The topological polar surface area (TPSA) is 72.9 Å². The van der Waals surface area contributed by atoms with Gasteiger partial charge in [-0.15, -0.1) is 0 Å². The van der Waals surface area contributed by atoms with Gasteiger partial charge in [0.25, 0.3) is 0 Å². The summed E-state index contributed by atoms with van der Waals surface area (Å²) in [7, 11) is -3.47. The van der Waals surface area contributed by atoms with E-state index in [1.807, 2.05) is 32.9 Å². The minimum absolute atomic E-state index is 0.0373. The number of carbonyl (C=O) groups is 1. The smallest absolute Gasteiger partial charge is 0.410 e. The van der Waals surface area contributed by atoms with Crippen LogP contribution in [0.15, 0.2) is 41.3 Å². The lowest BCUT2D eigenvalue weighted by molar-refractivity contribution is -0.0272. The number of rotatable bonds is 2. The van der Waals surface area contributed by atoms with Crippen molar-refractivity contribution in [2.45, 2.75) is 62.6 Å². The van der Waals surface area contributed by atoms with Gasteiger partial charge in [-0.05, 0) is 69.0 Å². The van der Waals surface area contributed by atoms with Crippen LogP contribution in [0.3, 0.4) is 0 Å². The van der Waals surface area contributed by atoms with Gasteiger partial charge in [-0.1, -0.05) is 12.1 Å². The maximum Gasteiger partial charge on any atom is 0.410 e. The van der Waals surface area contributed by atoms with Gasteiger partial charge in [0, 0.05) is 37.8 Å². The molecular formula is C25H30FNO5S. The maximum absolute atomic E-state index is 14.7.